The first-order valence-electron chi connectivity index (χ1n) is 5.54. The molecule has 7 heteroatoms. The zero-order chi connectivity index (χ0) is 14.4. The minimum Gasteiger partial charge on any atom is -0.478 e. The number of nitrogens with one attached hydrogen (secondary N) is 1. The summed E-state index contributed by atoms with van der Waals surface area (Å²) < 4.78 is 18.3. The van der Waals surface area contributed by atoms with Crippen molar-refractivity contribution in [2.75, 3.05) is 19.0 Å². The van der Waals surface area contributed by atoms with Crippen LogP contribution in [0.4, 0.5) is 10.1 Å². The SMILES string of the molecule is COC(CN)CC(=O)Nc1cccc(F)c1C(=O)O. The summed E-state index contributed by atoms with van der Waals surface area (Å²) in [6.07, 6.45) is -0.510. The molecule has 6 nitrogen and oxygen atoms in total. The molecule has 19 heavy (non-hydrogen) atoms. The lowest BCUT2D eigenvalue weighted by atomic mass is 10.1. The van der Waals surface area contributed by atoms with Crippen LogP contribution in [0.1, 0.15) is 16.8 Å². The minimum atomic E-state index is -1.45. The molecular weight excluding hydrogens is 255 g/mol. The van der Waals surface area contributed by atoms with Crippen molar-refractivity contribution in [1.29, 1.82) is 0 Å². The molecule has 1 aromatic rings. The Kier molecular flexibility index (Phi) is 5.40. The Labute approximate surface area is 109 Å². The molecule has 0 aliphatic heterocycles. The van der Waals surface area contributed by atoms with Gasteiger partial charge in [0.05, 0.1) is 18.2 Å². The molecule has 1 rings (SSSR count). The normalized spacial score (nSPS) is 11.9. The summed E-state index contributed by atoms with van der Waals surface area (Å²) in [5, 5.41) is 11.2. The van der Waals surface area contributed by atoms with Crippen molar-refractivity contribution in [2.24, 2.45) is 5.73 Å². The second-order valence-corrected chi connectivity index (χ2v) is 3.81. The fourth-order valence-corrected chi connectivity index (χ4v) is 1.52. The average molecular weight is 270 g/mol. The van der Waals surface area contributed by atoms with Crippen molar-refractivity contribution >= 4 is 17.6 Å². The van der Waals surface area contributed by atoms with Crippen LogP contribution in [0.2, 0.25) is 0 Å². The van der Waals surface area contributed by atoms with E-state index in [0.29, 0.717) is 0 Å². The van der Waals surface area contributed by atoms with E-state index in [1.54, 1.807) is 0 Å². The van der Waals surface area contributed by atoms with Gasteiger partial charge in [0.2, 0.25) is 5.91 Å². The van der Waals surface area contributed by atoms with Gasteiger partial charge in [0.15, 0.2) is 0 Å². The molecule has 0 saturated heterocycles. The van der Waals surface area contributed by atoms with E-state index in [4.69, 9.17) is 15.6 Å². The summed E-state index contributed by atoms with van der Waals surface area (Å²) >= 11 is 0. The van der Waals surface area contributed by atoms with Crippen molar-refractivity contribution in [1.82, 2.24) is 0 Å². The molecule has 0 aliphatic carbocycles. The number of rotatable bonds is 6. The molecule has 0 aliphatic rings. The fraction of sp³-hybridized carbons (Fsp3) is 0.333. The van der Waals surface area contributed by atoms with Gasteiger partial charge in [-0.25, -0.2) is 9.18 Å². The predicted octanol–water partition coefficient (Wildman–Crippen LogP) is 0.826. The first-order valence-corrected chi connectivity index (χ1v) is 5.54. The Morgan fingerprint density at radius 2 is 2.21 bits per heavy atom. The molecule has 1 aromatic carbocycles. The number of methoxy groups -OCH3 is 1. The van der Waals surface area contributed by atoms with Crippen LogP contribution in [-0.4, -0.2) is 36.7 Å². The van der Waals surface area contributed by atoms with Crippen LogP contribution in [0.15, 0.2) is 18.2 Å². The van der Waals surface area contributed by atoms with E-state index in [1.165, 1.54) is 19.2 Å². The number of hydrogen-bond acceptors (Lipinski definition) is 4. The van der Waals surface area contributed by atoms with Gasteiger partial charge in [0.25, 0.3) is 0 Å². The van der Waals surface area contributed by atoms with Gasteiger partial charge in [-0.2, -0.15) is 0 Å². The third kappa shape index (κ3) is 4.01. The first kappa shape index (κ1) is 15.1. The fourth-order valence-electron chi connectivity index (χ4n) is 1.52. The number of aromatic carboxylic acids is 1. The van der Waals surface area contributed by atoms with Gasteiger partial charge in [-0.05, 0) is 12.1 Å². The molecule has 0 spiro atoms. The minimum absolute atomic E-state index is 0.0391. The van der Waals surface area contributed by atoms with Crippen molar-refractivity contribution in [2.45, 2.75) is 12.5 Å². The number of carboxylic acid groups (broad SMARTS) is 1. The van der Waals surface area contributed by atoms with Gasteiger partial charge >= 0.3 is 5.97 Å². The van der Waals surface area contributed by atoms with E-state index in [9.17, 15) is 14.0 Å². The highest BCUT2D eigenvalue weighted by molar-refractivity contribution is 6.00. The average Bonchev–Trinajstić information content (AvgIpc) is 2.35. The third-order valence-corrected chi connectivity index (χ3v) is 2.51. The smallest absolute Gasteiger partial charge is 0.340 e. The second kappa shape index (κ2) is 6.81. The van der Waals surface area contributed by atoms with E-state index >= 15 is 0 Å². The quantitative estimate of drug-likeness (QED) is 0.710. The number of halogens is 1. The third-order valence-electron chi connectivity index (χ3n) is 2.51. The molecule has 0 aromatic heterocycles. The van der Waals surface area contributed by atoms with Crippen molar-refractivity contribution in [3.63, 3.8) is 0 Å². The van der Waals surface area contributed by atoms with Crippen molar-refractivity contribution in [3.8, 4) is 0 Å². The highest BCUT2D eigenvalue weighted by Gasteiger charge is 2.18. The van der Waals surface area contributed by atoms with Gasteiger partial charge in [0.1, 0.15) is 11.4 Å². The summed E-state index contributed by atoms with van der Waals surface area (Å²) in [4.78, 5) is 22.6. The number of ether oxygens (including phenoxy) is 1. The maximum Gasteiger partial charge on any atom is 0.340 e. The lowest BCUT2D eigenvalue weighted by molar-refractivity contribution is -0.118. The van der Waals surface area contributed by atoms with Gasteiger partial charge in [0, 0.05) is 13.7 Å². The Bertz CT molecular complexity index is 475. The maximum atomic E-state index is 13.4. The number of carbonyl (C=O) groups is 2. The molecule has 1 amide bonds. The van der Waals surface area contributed by atoms with Gasteiger partial charge in [-0.1, -0.05) is 6.07 Å². The number of nitrogens with two attached hydrogens (primary N) is 1. The molecule has 104 valence electrons. The lowest BCUT2D eigenvalue weighted by Crippen LogP contribution is -2.28. The van der Waals surface area contributed by atoms with E-state index in [2.05, 4.69) is 5.32 Å². The Balaban J connectivity index is 2.85. The van der Waals surface area contributed by atoms with Crippen LogP contribution in [0.3, 0.4) is 0 Å². The summed E-state index contributed by atoms with van der Waals surface area (Å²) in [7, 11) is 1.41. The molecular formula is C12H15FN2O4. The van der Waals surface area contributed by atoms with E-state index in [1.807, 2.05) is 0 Å². The van der Waals surface area contributed by atoms with E-state index < -0.39 is 29.4 Å². The highest BCUT2D eigenvalue weighted by atomic mass is 19.1. The van der Waals surface area contributed by atoms with Crippen LogP contribution in [0, 0.1) is 5.82 Å². The lowest BCUT2D eigenvalue weighted by Gasteiger charge is -2.13. The van der Waals surface area contributed by atoms with Crippen LogP contribution >= 0.6 is 0 Å². The first-order chi connectivity index (χ1) is 8.99. The molecule has 1 atom stereocenters. The number of amides is 1. The standard InChI is InChI=1S/C12H15FN2O4/c1-19-7(6-14)5-10(16)15-9-4-2-3-8(13)11(9)12(17)18/h2-4,7H,5-6,14H2,1H3,(H,15,16)(H,17,18). The van der Waals surface area contributed by atoms with Crippen molar-refractivity contribution in [3.05, 3.63) is 29.6 Å². The Hall–Kier alpha value is -1.99. The summed E-state index contributed by atoms with van der Waals surface area (Å²) in [5.74, 6) is -2.85. The molecule has 0 bridgehead atoms. The summed E-state index contributed by atoms with van der Waals surface area (Å²) in [6, 6.07) is 3.64. The predicted molar refractivity (Wildman–Crippen MR) is 66.5 cm³/mol. The molecule has 0 saturated carbocycles. The summed E-state index contributed by atoms with van der Waals surface area (Å²) in [5.41, 5.74) is 4.70. The Morgan fingerprint density at radius 1 is 1.53 bits per heavy atom. The summed E-state index contributed by atoms with van der Waals surface area (Å²) in [6.45, 7) is 0.152. The molecule has 0 heterocycles. The van der Waals surface area contributed by atoms with Crippen LogP contribution in [0.5, 0.6) is 0 Å². The molecule has 0 fully saturated rings. The van der Waals surface area contributed by atoms with Gasteiger partial charge in [-0.15, -0.1) is 0 Å². The maximum absolute atomic E-state index is 13.4. The van der Waals surface area contributed by atoms with Crippen LogP contribution in [-0.2, 0) is 9.53 Å². The largest absolute Gasteiger partial charge is 0.478 e. The second-order valence-electron chi connectivity index (χ2n) is 3.81. The number of carbonyl (C=O) groups excluding carboxylic acids is 1. The van der Waals surface area contributed by atoms with E-state index in [-0.39, 0.29) is 18.7 Å². The monoisotopic (exact) mass is 270 g/mol. The van der Waals surface area contributed by atoms with Crippen molar-refractivity contribution < 1.29 is 23.8 Å². The Morgan fingerprint density at radius 3 is 2.74 bits per heavy atom. The number of hydrogen-bond donors (Lipinski definition) is 3. The number of benzene rings is 1. The topological polar surface area (TPSA) is 102 Å². The molecule has 4 N–H and O–H groups in total. The molecule has 0 radical (unpaired) electrons. The van der Waals surface area contributed by atoms with Gasteiger partial charge in [-0.3, -0.25) is 4.79 Å². The molecule has 1 unspecified atom stereocenters. The van der Waals surface area contributed by atoms with Gasteiger partial charge < -0.3 is 20.9 Å². The zero-order valence-corrected chi connectivity index (χ0v) is 10.4. The zero-order valence-electron chi connectivity index (χ0n) is 10.4. The number of carboxylic acids is 1. The van der Waals surface area contributed by atoms with E-state index in [0.717, 1.165) is 6.07 Å². The number of anilines is 1. The van der Waals surface area contributed by atoms with Crippen LogP contribution in [0.25, 0.3) is 0 Å². The highest BCUT2D eigenvalue weighted by Crippen LogP contribution is 2.19. The van der Waals surface area contributed by atoms with Crippen LogP contribution < -0.4 is 11.1 Å².